The smallest absolute Gasteiger partial charge is 0.312 e. The molecular formula is C18H20O3. The highest BCUT2D eigenvalue weighted by Crippen LogP contribution is 2.25. The van der Waals surface area contributed by atoms with E-state index in [0.29, 0.717) is 5.75 Å². The molecule has 0 amide bonds. The molecule has 3 nitrogen and oxygen atoms in total. The zero-order valence-corrected chi connectivity index (χ0v) is 12.6. The third-order valence-corrected chi connectivity index (χ3v) is 3.40. The molecule has 2 rings (SSSR count). The second kappa shape index (κ2) is 6.00. The maximum atomic E-state index is 11.1. The van der Waals surface area contributed by atoms with Crippen molar-refractivity contribution in [2.45, 2.75) is 20.8 Å². The van der Waals surface area contributed by atoms with Crippen LogP contribution in [0.3, 0.4) is 0 Å². The third kappa shape index (κ3) is 3.85. The van der Waals surface area contributed by atoms with Crippen LogP contribution in [0.5, 0.6) is 5.75 Å². The highest BCUT2D eigenvalue weighted by atomic mass is 16.5. The number of carbonyl (C=O) groups is 1. The second-order valence-electron chi connectivity index (χ2n) is 5.87. The first kappa shape index (κ1) is 15.1. The van der Waals surface area contributed by atoms with E-state index >= 15 is 0 Å². The minimum absolute atomic E-state index is 0.139. The highest BCUT2D eigenvalue weighted by molar-refractivity contribution is 5.73. The van der Waals surface area contributed by atoms with Gasteiger partial charge in [-0.05, 0) is 44.0 Å². The average molecular weight is 284 g/mol. The number of ether oxygens (including phenoxy) is 1. The predicted molar refractivity (Wildman–Crippen MR) is 83.5 cm³/mol. The molecule has 0 aromatic heterocycles. The number of benzene rings is 2. The Morgan fingerprint density at radius 1 is 1.10 bits per heavy atom. The number of carboxylic acids is 1. The third-order valence-electron chi connectivity index (χ3n) is 3.40. The van der Waals surface area contributed by atoms with Crippen LogP contribution in [-0.2, 0) is 4.79 Å². The van der Waals surface area contributed by atoms with E-state index < -0.39 is 11.4 Å². The number of hydrogen-bond donors (Lipinski definition) is 1. The Morgan fingerprint density at radius 3 is 2.38 bits per heavy atom. The maximum absolute atomic E-state index is 11.1. The summed E-state index contributed by atoms with van der Waals surface area (Å²) < 4.78 is 5.64. The Morgan fingerprint density at radius 2 is 1.76 bits per heavy atom. The van der Waals surface area contributed by atoms with Gasteiger partial charge in [0.2, 0.25) is 0 Å². The van der Waals surface area contributed by atoms with Gasteiger partial charge in [-0.3, -0.25) is 4.79 Å². The lowest BCUT2D eigenvalue weighted by molar-refractivity contribution is -0.148. The van der Waals surface area contributed by atoms with Gasteiger partial charge in [0.25, 0.3) is 0 Å². The normalized spacial score (nSPS) is 11.2. The molecule has 2 aromatic rings. The number of rotatable bonds is 5. The summed E-state index contributed by atoms with van der Waals surface area (Å²) in [5.74, 6) is -0.181. The molecule has 0 aliphatic rings. The van der Waals surface area contributed by atoms with Crippen molar-refractivity contribution in [1.82, 2.24) is 0 Å². The second-order valence-corrected chi connectivity index (χ2v) is 5.87. The summed E-state index contributed by atoms with van der Waals surface area (Å²) in [5, 5.41) is 9.10. The van der Waals surface area contributed by atoms with Gasteiger partial charge in [0.15, 0.2) is 0 Å². The van der Waals surface area contributed by atoms with Crippen LogP contribution in [-0.4, -0.2) is 17.7 Å². The largest absolute Gasteiger partial charge is 0.492 e. The molecule has 0 aliphatic heterocycles. The van der Waals surface area contributed by atoms with E-state index in [1.165, 1.54) is 5.56 Å². The van der Waals surface area contributed by atoms with E-state index in [1.807, 2.05) is 24.3 Å². The van der Waals surface area contributed by atoms with E-state index in [-0.39, 0.29) is 6.61 Å². The van der Waals surface area contributed by atoms with Gasteiger partial charge < -0.3 is 9.84 Å². The van der Waals surface area contributed by atoms with Crippen LogP contribution < -0.4 is 4.74 Å². The minimum Gasteiger partial charge on any atom is -0.492 e. The Labute approximate surface area is 125 Å². The van der Waals surface area contributed by atoms with Crippen molar-refractivity contribution in [3.8, 4) is 16.9 Å². The van der Waals surface area contributed by atoms with Crippen LogP contribution in [0.1, 0.15) is 19.4 Å². The van der Waals surface area contributed by atoms with Gasteiger partial charge in [0, 0.05) is 0 Å². The van der Waals surface area contributed by atoms with E-state index in [1.54, 1.807) is 13.8 Å². The van der Waals surface area contributed by atoms with Crippen molar-refractivity contribution in [3.63, 3.8) is 0 Å². The standard InChI is InChI=1S/C18H20O3/c1-13-7-9-14(10-8-13)15-5-4-6-16(11-15)21-12-18(2,3)17(19)20/h4-11H,12H2,1-3H3,(H,19,20). The van der Waals surface area contributed by atoms with Gasteiger partial charge in [0.1, 0.15) is 12.4 Å². The van der Waals surface area contributed by atoms with Crippen LogP contribution in [0, 0.1) is 12.3 Å². The Bertz CT molecular complexity index is 627. The molecule has 0 saturated carbocycles. The van der Waals surface area contributed by atoms with Gasteiger partial charge in [-0.1, -0.05) is 42.0 Å². The fourth-order valence-electron chi connectivity index (χ4n) is 1.84. The Hall–Kier alpha value is -2.29. The molecule has 0 bridgehead atoms. The van der Waals surface area contributed by atoms with Gasteiger partial charge >= 0.3 is 5.97 Å². The molecule has 0 radical (unpaired) electrons. The molecular weight excluding hydrogens is 264 g/mol. The molecule has 1 N–H and O–H groups in total. The highest BCUT2D eigenvalue weighted by Gasteiger charge is 2.28. The lowest BCUT2D eigenvalue weighted by Gasteiger charge is -2.19. The molecule has 21 heavy (non-hydrogen) atoms. The number of aliphatic carboxylic acids is 1. The summed E-state index contributed by atoms with van der Waals surface area (Å²) in [6.45, 7) is 5.50. The molecule has 0 heterocycles. The average Bonchev–Trinajstić information content (AvgIpc) is 2.46. The summed E-state index contributed by atoms with van der Waals surface area (Å²) in [6, 6.07) is 16.0. The first-order valence-corrected chi connectivity index (χ1v) is 6.92. The van der Waals surface area contributed by atoms with Crippen LogP contribution in [0.4, 0.5) is 0 Å². The molecule has 2 aromatic carbocycles. The SMILES string of the molecule is Cc1ccc(-c2cccc(OCC(C)(C)C(=O)O)c2)cc1. The molecule has 0 unspecified atom stereocenters. The van der Waals surface area contributed by atoms with Crippen LogP contribution in [0.2, 0.25) is 0 Å². The fraction of sp³-hybridized carbons (Fsp3) is 0.278. The lowest BCUT2D eigenvalue weighted by atomic mass is 9.95. The molecule has 110 valence electrons. The van der Waals surface area contributed by atoms with E-state index in [0.717, 1.165) is 11.1 Å². The number of aryl methyl sites for hydroxylation is 1. The van der Waals surface area contributed by atoms with E-state index in [4.69, 9.17) is 9.84 Å². The fourth-order valence-corrected chi connectivity index (χ4v) is 1.84. The molecule has 3 heteroatoms. The monoisotopic (exact) mass is 284 g/mol. The van der Waals surface area contributed by atoms with E-state index in [9.17, 15) is 4.79 Å². The molecule has 0 fully saturated rings. The van der Waals surface area contributed by atoms with Crippen molar-refractivity contribution in [1.29, 1.82) is 0 Å². The zero-order chi connectivity index (χ0) is 15.5. The van der Waals surface area contributed by atoms with Crippen molar-refractivity contribution in [2.24, 2.45) is 5.41 Å². The van der Waals surface area contributed by atoms with Gasteiger partial charge in [0.05, 0.1) is 5.41 Å². The zero-order valence-electron chi connectivity index (χ0n) is 12.6. The molecule has 0 spiro atoms. The summed E-state index contributed by atoms with van der Waals surface area (Å²) >= 11 is 0. The van der Waals surface area contributed by atoms with Crippen molar-refractivity contribution in [2.75, 3.05) is 6.61 Å². The van der Waals surface area contributed by atoms with Gasteiger partial charge in [-0.15, -0.1) is 0 Å². The number of hydrogen-bond acceptors (Lipinski definition) is 2. The van der Waals surface area contributed by atoms with Crippen molar-refractivity contribution in [3.05, 3.63) is 54.1 Å². The minimum atomic E-state index is -0.903. The van der Waals surface area contributed by atoms with Crippen LogP contribution >= 0.6 is 0 Å². The summed E-state index contributed by atoms with van der Waals surface area (Å²) in [4.78, 5) is 11.1. The van der Waals surface area contributed by atoms with Crippen LogP contribution in [0.15, 0.2) is 48.5 Å². The first-order chi connectivity index (χ1) is 9.88. The lowest BCUT2D eigenvalue weighted by Crippen LogP contribution is -2.30. The molecule has 0 saturated heterocycles. The summed E-state index contributed by atoms with van der Waals surface area (Å²) in [6.07, 6.45) is 0. The topological polar surface area (TPSA) is 46.5 Å². The molecule has 0 aliphatic carbocycles. The van der Waals surface area contributed by atoms with E-state index in [2.05, 4.69) is 31.2 Å². The first-order valence-electron chi connectivity index (χ1n) is 6.92. The van der Waals surface area contributed by atoms with Crippen LogP contribution in [0.25, 0.3) is 11.1 Å². The maximum Gasteiger partial charge on any atom is 0.312 e. The van der Waals surface area contributed by atoms with Crippen molar-refractivity contribution < 1.29 is 14.6 Å². The van der Waals surface area contributed by atoms with Gasteiger partial charge in [-0.2, -0.15) is 0 Å². The predicted octanol–water partition coefficient (Wildman–Crippen LogP) is 4.15. The Balaban J connectivity index is 2.15. The quantitative estimate of drug-likeness (QED) is 0.897. The summed E-state index contributed by atoms with van der Waals surface area (Å²) in [5.41, 5.74) is 2.48. The molecule has 0 atom stereocenters. The van der Waals surface area contributed by atoms with Gasteiger partial charge in [-0.25, -0.2) is 0 Å². The number of carboxylic acid groups (broad SMARTS) is 1. The Kier molecular flexibility index (Phi) is 4.32. The van der Waals surface area contributed by atoms with Crippen molar-refractivity contribution >= 4 is 5.97 Å². The summed E-state index contributed by atoms with van der Waals surface area (Å²) in [7, 11) is 0.